The number of rotatable bonds is 11. The first kappa shape index (κ1) is 23.1. The molecule has 8 heteroatoms. The van der Waals surface area contributed by atoms with Crippen LogP contribution in [0.2, 0.25) is 5.02 Å². The maximum atomic E-state index is 13.1. The van der Waals surface area contributed by atoms with Crippen molar-refractivity contribution in [3.63, 3.8) is 0 Å². The first-order valence-electron chi connectivity index (χ1n) is 9.83. The molecule has 1 aromatic heterocycles. The number of ether oxygens (including phenoxy) is 3. The van der Waals surface area contributed by atoms with Crippen molar-refractivity contribution in [2.75, 3.05) is 27.4 Å². The normalized spacial score (nSPS) is 10.7. The van der Waals surface area contributed by atoms with E-state index in [1.165, 1.54) is 11.3 Å². The van der Waals surface area contributed by atoms with Crippen molar-refractivity contribution in [1.29, 1.82) is 0 Å². The number of hydrogen-bond acceptors (Lipinski definition) is 6. The molecule has 0 unspecified atom stereocenters. The summed E-state index contributed by atoms with van der Waals surface area (Å²) in [6.45, 7) is 1.92. The highest BCUT2D eigenvalue weighted by molar-refractivity contribution is 7.09. The van der Waals surface area contributed by atoms with Gasteiger partial charge in [-0.1, -0.05) is 17.7 Å². The zero-order valence-electron chi connectivity index (χ0n) is 17.5. The van der Waals surface area contributed by atoms with Gasteiger partial charge in [-0.3, -0.25) is 4.79 Å². The Morgan fingerprint density at radius 1 is 1.13 bits per heavy atom. The average Bonchev–Trinajstić information content (AvgIpc) is 3.25. The van der Waals surface area contributed by atoms with Gasteiger partial charge in [0.05, 0.1) is 19.3 Å². The van der Waals surface area contributed by atoms with E-state index in [-0.39, 0.29) is 5.91 Å². The molecule has 0 bridgehead atoms. The number of hydrogen-bond donors (Lipinski definition) is 0. The number of nitrogens with zero attached hydrogens (tertiary/aromatic N) is 2. The Balaban J connectivity index is 1.66. The standard InChI is InChI=1S/C23H25ClN2O4S/c1-28-12-4-11-26(23(27)17-5-3-6-21(13-17)29-2)14-19-16-31-22(25-19)15-30-20-9-7-18(24)8-10-20/h3,5-10,13,16H,4,11-12,14-15H2,1-2H3. The van der Waals surface area contributed by atoms with Gasteiger partial charge in [-0.25, -0.2) is 4.98 Å². The SMILES string of the molecule is COCCCN(Cc1csc(COc2ccc(Cl)cc2)n1)C(=O)c1cccc(OC)c1. The third-order valence-electron chi connectivity index (χ3n) is 4.51. The molecule has 31 heavy (non-hydrogen) atoms. The summed E-state index contributed by atoms with van der Waals surface area (Å²) < 4.78 is 16.2. The van der Waals surface area contributed by atoms with E-state index < -0.39 is 0 Å². The number of carbonyl (C=O) groups excluding carboxylic acids is 1. The molecule has 1 amide bonds. The topological polar surface area (TPSA) is 60.9 Å². The fourth-order valence-corrected chi connectivity index (χ4v) is 3.77. The highest BCUT2D eigenvalue weighted by Crippen LogP contribution is 2.20. The molecule has 3 rings (SSSR count). The lowest BCUT2D eigenvalue weighted by molar-refractivity contribution is 0.0721. The van der Waals surface area contributed by atoms with Crippen LogP contribution >= 0.6 is 22.9 Å². The maximum absolute atomic E-state index is 13.1. The van der Waals surface area contributed by atoms with E-state index in [1.807, 2.05) is 29.6 Å². The van der Waals surface area contributed by atoms with Crippen LogP contribution in [0.15, 0.2) is 53.9 Å². The van der Waals surface area contributed by atoms with E-state index in [0.29, 0.717) is 42.6 Å². The molecular formula is C23H25ClN2O4S. The van der Waals surface area contributed by atoms with Crippen molar-refractivity contribution in [3.8, 4) is 11.5 Å². The zero-order valence-corrected chi connectivity index (χ0v) is 19.1. The van der Waals surface area contributed by atoms with Gasteiger partial charge in [0.1, 0.15) is 23.1 Å². The van der Waals surface area contributed by atoms with Crippen LogP contribution in [0.3, 0.4) is 0 Å². The van der Waals surface area contributed by atoms with Crippen LogP contribution in [-0.2, 0) is 17.9 Å². The van der Waals surface area contributed by atoms with Crippen LogP contribution in [-0.4, -0.2) is 43.2 Å². The molecule has 0 saturated heterocycles. The number of carbonyl (C=O) groups is 1. The Bertz CT molecular complexity index is 978. The summed E-state index contributed by atoms with van der Waals surface area (Å²) in [5.74, 6) is 1.32. The summed E-state index contributed by atoms with van der Waals surface area (Å²) in [4.78, 5) is 19.5. The molecule has 3 aromatic rings. The van der Waals surface area contributed by atoms with Crippen molar-refractivity contribution in [2.45, 2.75) is 19.6 Å². The number of thiazole rings is 1. The fourth-order valence-electron chi connectivity index (χ4n) is 2.95. The Kier molecular flexibility index (Phi) is 8.70. The molecule has 1 heterocycles. The minimum absolute atomic E-state index is 0.0676. The molecule has 0 aliphatic carbocycles. The van der Waals surface area contributed by atoms with Crippen molar-refractivity contribution >= 4 is 28.8 Å². The van der Waals surface area contributed by atoms with Crippen LogP contribution in [0.5, 0.6) is 11.5 Å². The second-order valence-electron chi connectivity index (χ2n) is 6.78. The largest absolute Gasteiger partial charge is 0.497 e. The first-order valence-corrected chi connectivity index (χ1v) is 11.1. The van der Waals surface area contributed by atoms with Crippen LogP contribution < -0.4 is 9.47 Å². The number of methoxy groups -OCH3 is 2. The number of halogens is 1. The molecule has 0 saturated carbocycles. The second kappa shape index (κ2) is 11.7. The van der Waals surface area contributed by atoms with Gasteiger partial charge in [0.2, 0.25) is 0 Å². The molecule has 164 valence electrons. The summed E-state index contributed by atoms with van der Waals surface area (Å²) in [5, 5.41) is 3.47. The Morgan fingerprint density at radius 3 is 2.68 bits per heavy atom. The van der Waals surface area contributed by atoms with Crippen molar-refractivity contribution < 1.29 is 19.0 Å². The summed E-state index contributed by atoms with van der Waals surface area (Å²) in [5.41, 5.74) is 1.41. The molecule has 0 aliphatic rings. The van der Waals surface area contributed by atoms with Crippen LogP contribution in [0.4, 0.5) is 0 Å². The van der Waals surface area contributed by atoms with Crippen molar-refractivity contribution in [2.24, 2.45) is 0 Å². The van der Waals surface area contributed by atoms with Crippen LogP contribution in [0.25, 0.3) is 0 Å². The minimum Gasteiger partial charge on any atom is -0.497 e. The fraction of sp³-hybridized carbons (Fsp3) is 0.304. The van der Waals surface area contributed by atoms with E-state index in [1.54, 1.807) is 43.4 Å². The zero-order chi connectivity index (χ0) is 22.1. The van der Waals surface area contributed by atoms with Crippen LogP contribution in [0.1, 0.15) is 27.5 Å². The van der Waals surface area contributed by atoms with Gasteiger partial charge in [0.15, 0.2) is 0 Å². The maximum Gasteiger partial charge on any atom is 0.254 e. The Morgan fingerprint density at radius 2 is 1.94 bits per heavy atom. The predicted molar refractivity (Wildman–Crippen MR) is 122 cm³/mol. The Labute approximate surface area is 191 Å². The summed E-state index contributed by atoms with van der Waals surface area (Å²) in [6, 6.07) is 14.4. The molecule has 0 spiro atoms. The first-order chi connectivity index (χ1) is 15.1. The lowest BCUT2D eigenvalue weighted by atomic mass is 10.1. The predicted octanol–water partition coefficient (Wildman–Crippen LogP) is 5.06. The lowest BCUT2D eigenvalue weighted by Gasteiger charge is -2.22. The van der Waals surface area contributed by atoms with Gasteiger partial charge in [0.25, 0.3) is 5.91 Å². The molecule has 6 nitrogen and oxygen atoms in total. The molecule has 0 atom stereocenters. The number of benzene rings is 2. The molecule has 2 aromatic carbocycles. The molecule has 0 radical (unpaired) electrons. The molecule has 0 fully saturated rings. The molecule has 0 N–H and O–H groups in total. The third kappa shape index (κ3) is 6.95. The lowest BCUT2D eigenvalue weighted by Crippen LogP contribution is -2.32. The van der Waals surface area contributed by atoms with Crippen molar-refractivity contribution in [1.82, 2.24) is 9.88 Å². The molecule has 0 aliphatic heterocycles. The van der Waals surface area contributed by atoms with E-state index >= 15 is 0 Å². The second-order valence-corrected chi connectivity index (χ2v) is 8.16. The van der Waals surface area contributed by atoms with E-state index in [9.17, 15) is 4.79 Å². The van der Waals surface area contributed by atoms with E-state index in [4.69, 9.17) is 25.8 Å². The Hall–Kier alpha value is -2.61. The number of amides is 1. The molecular weight excluding hydrogens is 436 g/mol. The highest BCUT2D eigenvalue weighted by Gasteiger charge is 2.18. The highest BCUT2D eigenvalue weighted by atomic mass is 35.5. The smallest absolute Gasteiger partial charge is 0.254 e. The van der Waals surface area contributed by atoms with Gasteiger partial charge < -0.3 is 19.1 Å². The monoisotopic (exact) mass is 460 g/mol. The van der Waals surface area contributed by atoms with E-state index in [0.717, 1.165) is 22.9 Å². The van der Waals surface area contributed by atoms with Gasteiger partial charge in [0, 0.05) is 36.2 Å². The van der Waals surface area contributed by atoms with Crippen molar-refractivity contribution in [3.05, 3.63) is 75.2 Å². The average molecular weight is 461 g/mol. The van der Waals surface area contributed by atoms with Gasteiger partial charge >= 0.3 is 0 Å². The summed E-state index contributed by atoms with van der Waals surface area (Å²) >= 11 is 7.41. The van der Waals surface area contributed by atoms with Gasteiger partial charge in [-0.2, -0.15) is 0 Å². The summed E-state index contributed by atoms with van der Waals surface area (Å²) in [6.07, 6.45) is 0.739. The van der Waals surface area contributed by atoms with Gasteiger partial charge in [-0.15, -0.1) is 11.3 Å². The number of aromatic nitrogens is 1. The van der Waals surface area contributed by atoms with E-state index in [2.05, 4.69) is 4.98 Å². The van der Waals surface area contributed by atoms with Gasteiger partial charge in [-0.05, 0) is 48.9 Å². The third-order valence-corrected chi connectivity index (χ3v) is 5.63. The summed E-state index contributed by atoms with van der Waals surface area (Å²) in [7, 11) is 3.24. The van der Waals surface area contributed by atoms with Crippen LogP contribution in [0, 0.1) is 0 Å². The minimum atomic E-state index is -0.0676. The quantitative estimate of drug-likeness (QED) is 0.374.